The summed E-state index contributed by atoms with van der Waals surface area (Å²) in [6.07, 6.45) is 3.39. The van der Waals surface area contributed by atoms with Crippen LogP contribution in [0.2, 0.25) is 0 Å². The first-order valence-corrected chi connectivity index (χ1v) is 8.93. The molecule has 3 heterocycles. The molecule has 0 radical (unpaired) electrons. The minimum atomic E-state index is -3.61. The number of aromatic amines is 2. The molecule has 21 heavy (non-hydrogen) atoms. The first-order valence-electron chi connectivity index (χ1n) is 6.67. The number of thiazole rings is 1. The van der Waals surface area contributed by atoms with Crippen molar-refractivity contribution in [2.75, 3.05) is 13.1 Å². The Hall–Kier alpha value is -1.45. The summed E-state index contributed by atoms with van der Waals surface area (Å²) in [7, 11) is -3.61. The van der Waals surface area contributed by atoms with E-state index >= 15 is 0 Å². The van der Waals surface area contributed by atoms with Gasteiger partial charge < -0.3 is 4.98 Å². The van der Waals surface area contributed by atoms with Crippen LogP contribution >= 0.6 is 11.3 Å². The van der Waals surface area contributed by atoms with Crippen LogP contribution in [0.4, 0.5) is 0 Å². The summed E-state index contributed by atoms with van der Waals surface area (Å²) in [5.74, 6) is 0.118. The molecule has 1 atom stereocenters. The van der Waals surface area contributed by atoms with Crippen molar-refractivity contribution in [3.8, 4) is 0 Å². The summed E-state index contributed by atoms with van der Waals surface area (Å²) in [5.41, 5.74) is 1.36. The molecule has 1 aliphatic rings. The lowest BCUT2D eigenvalue weighted by Gasteiger charge is -2.31. The van der Waals surface area contributed by atoms with Gasteiger partial charge in [-0.05, 0) is 25.8 Å². The average Bonchev–Trinajstić information content (AvgIpc) is 3.09. The zero-order chi connectivity index (χ0) is 15.0. The first-order chi connectivity index (χ1) is 9.98. The van der Waals surface area contributed by atoms with E-state index in [0.717, 1.165) is 29.9 Å². The number of aryl methyl sites for hydroxylation is 1. The summed E-state index contributed by atoms with van der Waals surface area (Å²) < 4.78 is 27.0. The maximum absolute atomic E-state index is 12.7. The van der Waals surface area contributed by atoms with Crippen molar-refractivity contribution in [1.29, 1.82) is 0 Å². The van der Waals surface area contributed by atoms with Crippen LogP contribution in [0.25, 0.3) is 0 Å². The number of hydrogen-bond acceptors (Lipinski definition) is 5. The van der Waals surface area contributed by atoms with E-state index in [1.807, 2.05) is 6.07 Å². The molecule has 1 unspecified atom stereocenters. The van der Waals surface area contributed by atoms with E-state index in [0.29, 0.717) is 18.8 Å². The molecule has 7 nitrogen and oxygen atoms in total. The molecular weight excluding hydrogens is 312 g/mol. The second-order valence-corrected chi connectivity index (χ2v) is 8.26. The molecule has 114 valence electrons. The van der Waals surface area contributed by atoms with Gasteiger partial charge in [-0.3, -0.25) is 9.89 Å². The van der Waals surface area contributed by atoms with Crippen LogP contribution in [0.1, 0.15) is 30.1 Å². The number of nitrogens with one attached hydrogen (secondary N) is 2. The molecule has 0 saturated carbocycles. The van der Waals surface area contributed by atoms with Gasteiger partial charge in [0.25, 0.3) is 10.0 Å². The second kappa shape index (κ2) is 5.39. The van der Waals surface area contributed by atoms with Gasteiger partial charge in [-0.1, -0.05) is 11.3 Å². The SMILES string of the molecule is Cc1[nH]c(=O)sc1S(=O)(=O)N1CCCC(c2ccn[nH]2)C1. The molecule has 0 bridgehead atoms. The Morgan fingerprint density at radius 1 is 1.48 bits per heavy atom. The fourth-order valence-electron chi connectivity index (χ4n) is 2.66. The fourth-order valence-corrected chi connectivity index (χ4v) is 5.62. The maximum atomic E-state index is 12.7. The fraction of sp³-hybridized carbons (Fsp3) is 0.500. The maximum Gasteiger partial charge on any atom is 0.305 e. The van der Waals surface area contributed by atoms with Crippen molar-refractivity contribution in [2.45, 2.75) is 29.9 Å². The van der Waals surface area contributed by atoms with E-state index in [1.54, 1.807) is 13.1 Å². The van der Waals surface area contributed by atoms with Gasteiger partial charge in [-0.2, -0.15) is 9.40 Å². The normalized spacial score (nSPS) is 20.7. The molecule has 1 saturated heterocycles. The van der Waals surface area contributed by atoms with E-state index in [4.69, 9.17) is 0 Å². The van der Waals surface area contributed by atoms with Crippen molar-refractivity contribution in [3.05, 3.63) is 33.3 Å². The smallest absolute Gasteiger partial charge is 0.305 e. The predicted octanol–water partition coefficient (Wildman–Crippen LogP) is 1.04. The van der Waals surface area contributed by atoms with Crippen LogP contribution in [-0.2, 0) is 10.0 Å². The third-order valence-electron chi connectivity index (χ3n) is 3.70. The Balaban J connectivity index is 1.89. The number of rotatable bonds is 3. The van der Waals surface area contributed by atoms with Gasteiger partial charge in [0.1, 0.15) is 0 Å². The van der Waals surface area contributed by atoms with Crippen LogP contribution in [-0.4, -0.2) is 41.0 Å². The first kappa shape index (κ1) is 14.5. The van der Waals surface area contributed by atoms with Crippen LogP contribution in [0.15, 0.2) is 21.3 Å². The number of sulfonamides is 1. The van der Waals surface area contributed by atoms with Crippen molar-refractivity contribution >= 4 is 21.4 Å². The highest BCUT2D eigenvalue weighted by molar-refractivity contribution is 7.91. The number of H-pyrrole nitrogens is 2. The quantitative estimate of drug-likeness (QED) is 0.879. The minimum Gasteiger partial charge on any atom is -0.315 e. The third kappa shape index (κ3) is 2.68. The van der Waals surface area contributed by atoms with Gasteiger partial charge in [0, 0.05) is 36.6 Å². The highest BCUT2D eigenvalue weighted by Gasteiger charge is 2.33. The zero-order valence-corrected chi connectivity index (χ0v) is 13.1. The standard InChI is InChI=1S/C12H16N4O3S2/c1-8-11(20-12(17)14-8)21(18,19)16-6-2-3-9(7-16)10-4-5-13-15-10/h4-5,9H,2-3,6-7H2,1H3,(H,13,15)(H,14,17). The molecule has 0 amide bonds. The lowest BCUT2D eigenvalue weighted by molar-refractivity contribution is 0.313. The lowest BCUT2D eigenvalue weighted by atomic mass is 9.96. The number of piperidine rings is 1. The summed E-state index contributed by atoms with van der Waals surface area (Å²) in [4.78, 5) is 13.6. The van der Waals surface area contributed by atoms with Crippen molar-refractivity contribution < 1.29 is 8.42 Å². The van der Waals surface area contributed by atoms with E-state index in [-0.39, 0.29) is 15.0 Å². The van der Waals surface area contributed by atoms with E-state index in [9.17, 15) is 13.2 Å². The third-order valence-corrected chi connectivity index (χ3v) is 7.15. The van der Waals surface area contributed by atoms with Crippen molar-refractivity contribution in [1.82, 2.24) is 19.5 Å². The zero-order valence-electron chi connectivity index (χ0n) is 11.5. The van der Waals surface area contributed by atoms with E-state index < -0.39 is 10.0 Å². The molecule has 1 aliphatic heterocycles. The largest absolute Gasteiger partial charge is 0.315 e. The monoisotopic (exact) mass is 328 g/mol. The molecular formula is C12H16N4O3S2. The average molecular weight is 328 g/mol. The van der Waals surface area contributed by atoms with Gasteiger partial charge in [-0.15, -0.1) is 0 Å². The van der Waals surface area contributed by atoms with E-state index in [1.165, 1.54) is 4.31 Å². The number of nitrogens with zero attached hydrogens (tertiary/aromatic N) is 2. The van der Waals surface area contributed by atoms with Crippen molar-refractivity contribution in [3.63, 3.8) is 0 Å². The predicted molar refractivity (Wildman–Crippen MR) is 79.0 cm³/mol. The molecule has 0 aromatic carbocycles. The molecule has 2 aromatic heterocycles. The molecule has 2 N–H and O–H groups in total. The van der Waals surface area contributed by atoms with E-state index in [2.05, 4.69) is 15.2 Å². The lowest BCUT2D eigenvalue weighted by Crippen LogP contribution is -2.39. The van der Waals surface area contributed by atoms with Gasteiger partial charge >= 0.3 is 4.87 Å². The summed E-state index contributed by atoms with van der Waals surface area (Å²) >= 11 is 0.753. The molecule has 9 heteroatoms. The molecule has 3 rings (SSSR count). The Bertz CT molecular complexity index is 776. The summed E-state index contributed by atoms with van der Waals surface area (Å²) in [6, 6.07) is 1.88. The van der Waals surface area contributed by atoms with Gasteiger partial charge in [0.15, 0.2) is 4.21 Å². The topological polar surface area (TPSA) is 98.9 Å². The Morgan fingerprint density at radius 2 is 2.29 bits per heavy atom. The summed E-state index contributed by atoms with van der Waals surface area (Å²) in [5, 5.41) is 6.83. The Labute approximate surface area is 126 Å². The minimum absolute atomic E-state index is 0.118. The van der Waals surface area contributed by atoms with Crippen LogP contribution in [0.3, 0.4) is 0 Å². The molecule has 1 fully saturated rings. The number of aromatic nitrogens is 3. The Kier molecular flexibility index (Phi) is 3.72. The molecule has 0 aliphatic carbocycles. The van der Waals surface area contributed by atoms with Crippen LogP contribution in [0, 0.1) is 6.92 Å². The van der Waals surface area contributed by atoms with Crippen molar-refractivity contribution in [2.24, 2.45) is 0 Å². The van der Waals surface area contributed by atoms with Gasteiger partial charge in [0.2, 0.25) is 0 Å². The summed E-state index contributed by atoms with van der Waals surface area (Å²) in [6.45, 7) is 2.51. The van der Waals surface area contributed by atoms with Gasteiger partial charge in [-0.25, -0.2) is 8.42 Å². The highest BCUT2D eigenvalue weighted by Crippen LogP contribution is 2.30. The highest BCUT2D eigenvalue weighted by atomic mass is 32.2. The molecule has 2 aromatic rings. The molecule has 0 spiro atoms. The van der Waals surface area contributed by atoms with Crippen LogP contribution < -0.4 is 4.87 Å². The van der Waals surface area contributed by atoms with Crippen LogP contribution in [0.5, 0.6) is 0 Å². The Morgan fingerprint density at radius 3 is 2.90 bits per heavy atom. The second-order valence-electron chi connectivity index (χ2n) is 5.14. The van der Waals surface area contributed by atoms with Gasteiger partial charge in [0.05, 0.1) is 0 Å². The number of hydrogen-bond donors (Lipinski definition) is 2.